The Morgan fingerprint density at radius 2 is 2.33 bits per heavy atom. The number of hydrogen-bond acceptors (Lipinski definition) is 4. The number of carbonyl (C=O) groups is 2. The lowest BCUT2D eigenvalue weighted by Gasteiger charge is -2.33. The molecule has 0 aromatic carbocycles. The standard InChI is InChI=1S/C17H22N4O2S/c1-2-4-16(22)20-10-13-9-18-12-21(13)15(11-20)17(23)19-7-6-14-5-3-8-24-14/h3,5,8-9,12,15H,2,4,6-7,10-11H2,1H3,(H,19,23)/t15-/m1/s1. The Bertz CT molecular complexity index is 695. The van der Waals surface area contributed by atoms with E-state index in [-0.39, 0.29) is 11.8 Å². The average Bonchev–Trinajstić information content (AvgIpc) is 3.25. The molecular weight excluding hydrogens is 324 g/mol. The van der Waals surface area contributed by atoms with Crippen molar-refractivity contribution in [2.24, 2.45) is 0 Å². The molecular formula is C17H22N4O2S. The van der Waals surface area contributed by atoms with Crippen LogP contribution in [-0.2, 0) is 22.6 Å². The second-order valence-corrected chi connectivity index (χ2v) is 6.98. The van der Waals surface area contributed by atoms with Crippen LogP contribution < -0.4 is 5.32 Å². The Kier molecular flexibility index (Phi) is 5.30. The summed E-state index contributed by atoms with van der Waals surface area (Å²) in [5, 5.41) is 5.03. The molecule has 3 rings (SSSR count). The molecule has 0 fully saturated rings. The first kappa shape index (κ1) is 16.7. The summed E-state index contributed by atoms with van der Waals surface area (Å²) in [7, 11) is 0. The number of rotatable bonds is 6. The van der Waals surface area contributed by atoms with Crippen molar-refractivity contribution in [2.45, 2.75) is 38.8 Å². The van der Waals surface area contributed by atoms with E-state index in [0.29, 0.717) is 26.1 Å². The molecule has 2 aromatic rings. The molecule has 1 N–H and O–H groups in total. The second-order valence-electron chi connectivity index (χ2n) is 5.95. The molecule has 0 aliphatic carbocycles. The lowest BCUT2D eigenvalue weighted by Crippen LogP contribution is -2.46. The van der Waals surface area contributed by atoms with E-state index in [1.165, 1.54) is 4.88 Å². The van der Waals surface area contributed by atoms with Crippen LogP contribution in [0.15, 0.2) is 30.0 Å². The monoisotopic (exact) mass is 346 g/mol. The number of amides is 2. The van der Waals surface area contributed by atoms with Gasteiger partial charge in [0.25, 0.3) is 0 Å². The molecule has 6 nitrogen and oxygen atoms in total. The van der Waals surface area contributed by atoms with E-state index < -0.39 is 6.04 Å². The van der Waals surface area contributed by atoms with Crippen LogP contribution >= 0.6 is 11.3 Å². The molecule has 7 heteroatoms. The zero-order valence-corrected chi connectivity index (χ0v) is 14.6. The number of carbonyl (C=O) groups excluding carboxylic acids is 2. The number of imidazole rings is 1. The summed E-state index contributed by atoms with van der Waals surface area (Å²) in [4.78, 5) is 32.0. The maximum absolute atomic E-state index is 12.6. The topological polar surface area (TPSA) is 67.2 Å². The predicted molar refractivity (Wildman–Crippen MR) is 92.6 cm³/mol. The normalized spacial score (nSPS) is 16.7. The summed E-state index contributed by atoms with van der Waals surface area (Å²) in [6.07, 6.45) is 5.57. The summed E-state index contributed by atoms with van der Waals surface area (Å²) in [6.45, 7) is 3.52. The predicted octanol–water partition coefficient (Wildman–Crippen LogP) is 1.99. The minimum Gasteiger partial charge on any atom is -0.354 e. The van der Waals surface area contributed by atoms with Crippen molar-refractivity contribution in [2.75, 3.05) is 13.1 Å². The van der Waals surface area contributed by atoms with E-state index in [9.17, 15) is 9.59 Å². The number of fused-ring (bicyclic) bond motifs is 1. The Labute approximate surface area is 145 Å². The molecule has 2 aromatic heterocycles. The van der Waals surface area contributed by atoms with Gasteiger partial charge in [0.05, 0.1) is 25.1 Å². The number of nitrogens with zero attached hydrogens (tertiary/aromatic N) is 3. The number of nitrogens with one attached hydrogen (secondary N) is 1. The van der Waals surface area contributed by atoms with Crippen LogP contribution in [0.5, 0.6) is 0 Å². The van der Waals surface area contributed by atoms with Gasteiger partial charge in [-0.05, 0) is 24.3 Å². The quantitative estimate of drug-likeness (QED) is 0.870. The molecule has 0 saturated carbocycles. The second kappa shape index (κ2) is 7.61. The fourth-order valence-corrected chi connectivity index (χ4v) is 3.65. The average molecular weight is 346 g/mol. The third-order valence-corrected chi connectivity index (χ3v) is 5.13. The molecule has 0 spiro atoms. The summed E-state index contributed by atoms with van der Waals surface area (Å²) < 4.78 is 1.89. The molecule has 0 unspecified atom stereocenters. The number of thiophene rings is 1. The van der Waals surface area contributed by atoms with Crippen molar-refractivity contribution in [3.8, 4) is 0 Å². The summed E-state index contributed by atoms with van der Waals surface area (Å²) in [6, 6.07) is 3.68. The van der Waals surface area contributed by atoms with E-state index in [0.717, 1.165) is 18.5 Å². The molecule has 0 bridgehead atoms. The zero-order chi connectivity index (χ0) is 16.9. The first-order valence-electron chi connectivity index (χ1n) is 8.27. The Hall–Kier alpha value is -2.15. The van der Waals surface area contributed by atoms with Crippen molar-refractivity contribution in [1.29, 1.82) is 0 Å². The van der Waals surface area contributed by atoms with Crippen LogP contribution in [0.25, 0.3) is 0 Å². The van der Waals surface area contributed by atoms with Crippen LogP contribution in [0.3, 0.4) is 0 Å². The van der Waals surface area contributed by atoms with Gasteiger partial charge in [-0.2, -0.15) is 0 Å². The van der Waals surface area contributed by atoms with Crippen LogP contribution in [0, 0.1) is 0 Å². The summed E-state index contributed by atoms with van der Waals surface area (Å²) in [5.74, 6) is 0.0427. The highest BCUT2D eigenvalue weighted by atomic mass is 32.1. The van der Waals surface area contributed by atoms with Gasteiger partial charge >= 0.3 is 0 Å². The van der Waals surface area contributed by atoms with E-state index in [4.69, 9.17) is 0 Å². The highest BCUT2D eigenvalue weighted by Crippen LogP contribution is 2.22. The maximum atomic E-state index is 12.6. The highest BCUT2D eigenvalue weighted by Gasteiger charge is 2.31. The molecule has 3 heterocycles. The van der Waals surface area contributed by atoms with Gasteiger partial charge in [0.15, 0.2) is 0 Å². The molecule has 1 aliphatic heterocycles. The lowest BCUT2D eigenvalue weighted by atomic mass is 10.1. The fourth-order valence-electron chi connectivity index (χ4n) is 2.94. The molecule has 24 heavy (non-hydrogen) atoms. The van der Waals surface area contributed by atoms with Crippen molar-refractivity contribution in [3.05, 3.63) is 40.6 Å². The lowest BCUT2D eigenvalue weighted by molar-refractivity contribution is -0.135. The van der Waals surface area contributed by atoms with Crippen molar-refractivity contribution in [3.63, 3.8) is 0 Å². The van der Waals surface area contributed by atoms with E-state index >= 15 is 0 Å². The largest absolute Gasteiger partial charge is 0.354 e. The Morgan fingerprint density at radius 1 is 1.46 bits per heavy atom. The Balaban J connectivity index is 1.64. The smallest absolute Gasteiger partial charge is 0.244 e. The fraction of sp³-hybridized carbons (Fsp3) is 0.471. The van der Waals surface area contributed by atoms with Gasteiger partial charge in [-0.25, -0.2) is 4.98 Å². The summed E-state index contributed by atoms with van der Waals surface area (Å²) >= 11 is 1.69. The number of aromatic nitrogens is 2. The maximum Gasteiger partial charge on any atom is 0.244 e. The number of hydrogen-bond donors (Lipinski definition) is 1. The summed E-state index contributed by atoms with van der Waals surface area (Å²) in [5.41, 5.74) is 0.907. The van der Waals surface area contributed by atoms with Crippen molar-refractivity contribution < 1.29 is 9.59 Å². The van der Waals surface area contributed by atoms with E-state index in [1.54, 1.807) is 28.8 Å². The van der Waals surface area contributed by atoms with Crippen LogP contribution in [0.2, 0.25) is 0 Å². The van der Waals surface area contributed by atoms with Crippen molar-refractivity contribution in [1.82, 2.24) is 19.8 Å². The van der Waals surface area contributed by atoms with Crippen LogP contribution in [0.1, 0.15) is 36.4 Å². The molecule has 128 valence electrons. The minimum absolute atomic E-state index is 0.0557. The Morgan fingerprint density at radius 3 is 3.08 bits per heavy atom. The van der Waals surface area contributed by atoms with E-state index in [1.807, 2.05) is 22.9 Å². The highest BCUT2D eigenvalue weighted by molar-refractivity contribution is 7.09. The SMILES string of the molecule is CCCC(=O)N1Cc2cncn2[C@@H](C(=O)NCCc2cccs2)C1. The first-order valence-corrected chi connectivity index (χ1v) is 9.15. The molecule has 0 radical (unpaired) electrons. The van der Waals surface area contributed by atoms with Crippen LogP contribution in [0.4, 0.5) is 0 Å². The molecule has 2 amide bonds. The van der Waals surface area contributed by atoms with Gasteiger partial charge in [-0.1, -0.05) is 13.0 Å². The van der Waals surface area contributed by atoms with Gasteiger partial charge in [0.1, 0.15) is 6.04 Å². The molecule has 1 atom stereocenters. The van der Waals surface area contributed by atoms with E-state index in [2.05, 4.69) is 16.4 Å². The van der Waals surface area contributed by atoms with Gasteiger partial charge in [0, 0.05) is 24.0 Å². The molecule has 1 aliphatic rings. The van der Waals surface area contributed by atoms with Gasteiger partial charge in [0.2, 0.25) is 11.8 Å². The van der Waals surface area contributed by atoms with Gasteiger partial charge in [-0.3, -0.25) is 9.59 Å². The van der Waals surface area contributed by atoms with Crippen molar-refractivity contribution >= 4 is 23.2 Å². The van der Waals surface area contributed by atoms with Gasteiger partial charge < -0.3 is 14.8 Å². The first-order chi connectivity index (χ1) is 11.7. The third-order valence-electron chi connectivity index (χ3n) is 4.20. The third kappa shape index (κ3) is 3.67. The molecule has 0 saturated heterocycles. The minimum atomic E-state index is -0.402. The van der Waals surface area contributed by atoms with Crippen LogP contribution in [-0.4, -0.2) is 39.4 Å². The zero-order valence-electron chi connectivity index (χ0n) is 13.8. The van der Waals surface area contributed by atoms with Gasteiger partial charge in [-0.15, -0.1) is 11.3 Å².